The van der Waals surface area contributed by atoms with Crippen LogP contribution >= 0.6 is 11.6 Å². The third-order valence-electron chi connectivity index (χ3n) is 4.82. The lowest BCUT2D eigenvalue weighted by atomic mass is 10.0. The fourth-order valence-electron chi connectivity index (χ4n) is 3.52. The molecule has 0 unspecified atom stereocenters. The van der Waals surface area contributed by atoms with E-state index in [2.05, 4.69) is 4.90 Å². The van der Waals surface area contributed by atoms with Crippen LogP contribution < -0.4 is 15.1 Å². The number of halogens is 1. The second-order valence-corrected chi connectivity index (χ2v) is 7.01. The Bertz CT molecular complexity index is 1060. The van der Waals surface area contributed by atoms with E-state index in [1.54, 1.807) is 7.11 Å². The Labute approximate surface area is 162 Å². The van der Waals surface area contributed by atoms with Gasteiger partial charge in [0.15, 0.2) is 0 Å². The van der Waals surface area contributed by atoms with Crippen molar-refractivity contribution >= 4 is 22.6 Å². The molecule has 4 rings (SSSR count). The Morgan fingerprint density at radius 2 is 2.11 bits per heavy atom. The van der Waals surface area contributed by atoms with Gasteiger partial charge in [-0.25, -0.2) is 4.79 Å². The van der Waals surface area contributed by atoms with E-state index in [1.165, 1.54) is 6.07 Å². The summed E-state index contributed by atoms with van der Waals surface area (Å²) in [5.41, 5.74) is 3.07. The Kier molecular flexibility index (Phi) is 4.81. The van der Waals surface area contributed by atoms with Crippen LogP contribution in [0.5, 0.6) is 11.5 Å². The van der Waals surface area contributed by atoms with Gasteiger partial charge >= 0.3 is 5.63 Å². The highest BCUT2D eigenvalue weighted by atomic mass is 35.5. The summed E-state index contributed by atoms with van der Waals surface area (Å²) in [5, 5.41) is 1.41. The molecule has 0 saturated heterocycles. The average Bonchev–Trinajstić information content (AvgIpc) is 2.68. The molecule has 0 N–H and O–H groups in total. The molecular weight excluding hydrogens is 366 g/mol. The van der Waals surface area contributed by atoms with Gasteiger partial charge in [0.25, 0.3) is 0 Å². The van der Waals surface area contributed by atoms with Gasteiger partial charge in [0.1, 0.15) is 23.8 Å². The number of hydrogen-bond donors (Lipinski definition) is 0. The number of methoxy groups -OCH3 is 1. The zero-order valence-electron chi connectivity index (χ0n) is 15.3. The summed E-state index contributed by atoms with van der Waals surface area (Å²) >= 11 is 6.46. The molecule has 3 aromatic rings. The lowest BCUT2D eigenvalue weighted by Crippen LogP contribution is -2.32. The van der Waals surface area contributed by atoms with Crippen LogP contribution in [0.2, 0.25) is 5.02 Å². The average molecular weight is 386 g/mol. The van der Waals surface area contributed by atoms with Crippen molar-refractivity contribution < 1.29 is 13.9 Å². The minimum atomic E-state index is -0.353. The van der Waals surface area contributed by atoms with Crippen molar-refractivity contribution in [2.75, 3.05) is 13.8 Å². The van der Waals surface area contributed by atoms with Crippen LogP contribution in [0.15, 0.2) is 45.6 Å². The van der Waals surface area contributed by atoms with Crippen molar-refractivity contribution in [3.8, 4) is 11.5 Å². The van der Waals surface area contributed by atoms with E-state index in [0.717, 1.165) is 34.2 Å². The van der Waals surface area contributed by atoms with Gasteiger partial charge in [-0.2, -0.15) is 0 Å². The van der Waals surface area contributed by atoms with Crippen molar-refractivity contribution in [2.45, 2.75) is 26.4 Å². The highest BCUT2D eigenvalue weighted by molar-refractivity contribution is 6.33. The van der Waals surface area contributed by atoms with Crippen molar-refractivity contribution in [1.82, 2.24) is 4.90 Å². The van der Waals surface area contributed by atoms with Gasteiger partial charge in [-0.3, -0.25) is 4.90 Å². The Hall–Kier alpha value is -2.50. The smallest absolute Gasteiger partial charge is 0.336 e. The van der Waals surface area contributed by atoms with Crippen molar-refractivity contribution in [1.29, 1.82) is 0 Å². The van der Waals surface area contributed by atoms with Gasteiger partial charge in [0.2, 0.25) is 0 Å². The fraction of sp³-hybridized carbons (Fsp3) is 0.286. The van der Waals surface area contributed by atoms with Crippen LogP contribution in [0, 0.1) is 0 Å². The molecular formula is C21H20ClNO4. The second-order valence-electron chi connectivity index (χ2n) is 6.60. The second kappa shape index (κ2) is 7.25. The Balaban J connectivity index is 1.73. The van der Waals surface area contributed by atoms with E-state index in [1.807, 2.05) is 37.3 Å². The van der Waals surface area contributed by atoms with Gasteiger partial charge in [-0.05, 0) is 35.7 Å². The number of rotatable bonds is 4. The van der Waals surface area contributed by atoms with Crippen LogP contribution in [0.3, 0.4) is 0 Å². The van der Waals surface area contributed by atoms with Gasteiger partial charge in [-0.15, -0.1) is 0 Å². The maximum absolute atomic E-state index is 12.0. The van der Waals surface area contributed by atoms with Gasteiger partial charge in [0, 0.05) is 24.5 Å². The van der Waals surface area contributed by atoms with Gasteiger partial charge in [0.05, 0.1) is 17.7 Å². The molecule has 1 aliphatic rings. The molecule has 2 heterocycles. The predicted octanol–water partition coefficient (Wildman–Crippen LogP) is 4.37. The molecule has 0 spiro atoms. The largest absolute Gasteiger partial charge is 0.497 e. The minimum Gasteiger partial charge on any atom is -0.497 e. The summed E-state index contributed by atoms with van der Waals surface area (Å²) in [6.07, 6.45) is 0.728. The monoisotopic (exact) mass is 385 g/mol. The predicted molar refractivity (Wildman–Crippen MR) is 105 cm³/mol. The molecule has 27 heavy (non-hydrogen) atoms. The van der Waals surface area contributed by atoms with Crippen molar-refractivity contribution in [2.24, 2.45) is 0 Å². The van der Waals surface area contributed by atoms with Crippen molar-refractivity contribution in [3.63, 3.8) is 0 Å². The van der Waals surface area contributed by atoms with Gasteiger partial charge < -0.3 is 13.9 Å². The van der Waals surface area contributed by atoms with E-state index in [4.69, 9.17) is 25.5 Å². The normalized spacial score (nSPS) is 14.0. The highest BCUT2D eigenvalue weighted by Gasteiger charge is 2.25. The maximum Gasteiger partial charge on any atom is 0.336 e. The summed E-state index contributed by atoms with van der Waals surface area (Å²) in [4.78, 5) is 14.1. The summed E-state index contributed by atoms with van der Waals surface area (Å²) in [6, 6.07) is 11.3. The van der Waals surface area contributed by atoms with Crippen LogP contribution in [-0.2, 0) is 19.5 Å². The molecule has 0 bridgehead atoms. The number of fused-ring (bicyclic) bond motifs is 3. The molecule has 0 saturated carbocycles. The summed E-state index contributed by atoms with van der Waals surface area (Å²) < 4.78 is 16.8. The first-order chi connectivity index (χ1) is 13.1. The molecule has 5 nitrogen and oxygen atoms in total. The third-order valence-corrected chi connectivity index (χ3v) is 5.10. The fourth-order valence-corrected chi connectivity index (χ4v) is 3.80. The van der Waals surface area contributed by atoms with Crippen LogP contribution in [-0.4, -0.2) is 18.7 Å². The molecule has 0 atom stereocenters. The van der Waals surface area contributed by atoms with E-state index in [-0.39, 0.29) is 5.63 Å². The lowest BCUT2D eigenvalue weighted by molar-refractivity contribution is 0.0890. The SMILES string of the molecule is CCc1cc(=O)oc2c3c(c(Cl)cc12)OCN(Cc1cccc(OC)c1)C3. The first kappa shape index (κ1) is 17.9. The molecule has 0 aliphatic carbocycles. The Morgan fingerprint density at radius 1 is 1.26 bits per heavy atom. The molecule has 0 radical (unpaired) electrons. The maximum atomic E-state index is 12.0. The number of aryl methyl sites for hydroxylation is 1. The molecule has 140 valence electrons. The molecule has 2 aromatic carbocycles. The number of hydrogen-bond acceptors (Lipinski definition) is 5. The molecule has 1 aromatic heterocycles. The topological polar surface area (TPSA) is 51.9 Å². The van der Waals surface area contributed by atoms with E-state index in [0.29, 0.717) is 36.2 Å². The molecule has 0 amide bonds. The summed E-state index contributed by atoms with van der Waals surface area (Å²) in [6.45, 7) is 3.68. The zero-order valence-corrected chi connectivity index (χ0v) is 16.0. The molecule has 6 heteroatoms. The summed E-state index contributed by atoms with van der Waals surface area (Å²) in [7, 11) is 1.65. The van der Waals surface area contributed by atoms with Crippen molar-refractivity contribution in [3.05, 3.63) is 68.5 Å². The molecule has 0 fully saturated rings. The summed E-state index contributed by atoms with van der Waals surface area (Å²) in [5.74, 6) is 1.42. The minimum absolute atomic E-state index is 0.353. The standard InChI is InChI=1S/C21H20ClNO4/c1-3-14-8-19(24)27-20-16(14)9-18(22)21-17(20)11-23(12-26-21)10-13-5-4-6-15(7-13)25-2/h4-9H,3,10-12H2,1-2H3. The van der Waals surface area contributed by atoms with Crippen LogP contribution in [0.25, 0.3) is 11.0 Å². The third kappa shape index (κ3) is 3.40. The van der Waals surface area contributed by atoms with E-state index in [9.17, 15) is 4.79 Å². The molecule has 1 aliphatic heterocycles. The lowest BCUT2D eigenvalue weighted by Gasteiger charge is -2.30. The first-order valence-corrected chi connectivity index (χ1v) is 9.23. The van der Waals surface area contributed by atoms with Gasteiger partial charge in [-0.1, -0.05) is 30.7 Å². The highest BCUT2D eigenvalue weighted by Crippen LogP contribution is 2.39. The quantitative estimate of drug-likeness (QED) is 0.624. The van der Waals surface area contributed by atoms with Crippen LogP contribution in [0.4, 0.5) is 0 Å². The number of benzene rings is 2. The number of nitrogens with zero attached hydrogens (tertiary/aromatic N) is 1. The zero-order chi connectivity index (χ0) is 19.0. The Morgan fingerprint density at radius 3 is 2.89 bits per heavy atom. The van der Waals surface area contributed by atoms with E-state index < -0.39 is 0 Å². The first-order valence-electron chi connectivity index (χ1n) is 8.85. The van der Waals surface area contributed by atoms with Crippen LogP contribution in [0.1, 0.15) is 23.6 Å². The number of ether oxygens (including phenoxy) is 2. The van der Waals surface area contributed by atoms with E-state index >= 15 is 0 Å².